The van der Waals surface area contributed by atoms with Gasteiger partial charge in [-0.05, 0) is 53.0 Å². The molecule has 1 aliphatic rings. The fourth-order valence-electron chi connectivity index (χ4n) is 2.96. The first kappa shape index (κ1) is 17.5. The number of hydrogen-bond donors (Lipinski definition) is 0. The van der Waals surface area contributed by atoms with Crippen molar-refractivity contribution in [3.8, 4) is 0 Å². The smallest absolute Gasteiger partial charge is 0.410 e. The summed E-state index contributed by atoms with van der Waals surface area (Å²) >= 11 is 0. The first-order valence-corrected chi connectivity index (χ1v) is 8.27. The fraction of sp³-hybridized carbons (Fsp3) is 0.579. The summed E-state index contributed by atoms with van der Waals surface area (Å²) in [4.78, 5) is 26.5. The maximum atomic E-state index is 12.7. The Morgan fingerprint density at radius 3 is 2.26 bits per heavy atom. The van der Waals surface area contributed by atoms with Crippen LogP contribution < -0.4 is 0 Å². The average molecular weight is 317 g/mol. The van der Waals surface area contributed by atoms with Crippen LogP contribution in [0.25, 0.3) is 0 Å². The van der Waals surface area contributed by atoms with Gasteiger partial charge in [-0.15, -0.1) is 0 Å². The molecule has 1 aromatic carbocycles. The molecular weight excluding hydrogens is 290 g/mol. The van der Waals surface area contributed by atoms with E-state index in [-0.39, 0.29) is 17.8 Å². The number of nitrogens with zero attached hydrogens (tertiary/aromatic N) is 1. The minimum absolute atomic E-state index is 0.00454. The van der Waals surface area contributed by atoms with Crippen molar-refractivity contribution in [2.45, 2.75) is 53.1 Å². The van der Waals surface area contributed by atoms with E-state index in [1.54, 1.807) is 4.90 Å². The Balaban J connectivity index is 1.96. The third-order valence-electron chi connectivity index (χ3n) is 4.16. The molecule has 1 aliphatic heterocycles. The summed E-state index contributed by atoms with van der Waals surface area (Å²) in [5.41, 5.74) is 2.53. The number of piperidine rings is 1. The van der Waals surface area contributed by atoms with Crippen molar-refractivity contribution in [1.82, 2.24) is 4.90 Å². The van der Waals surface area contributed by atoms with Crippen LogP contribution in [0.2, 0.25) is 0 Å². The molecule has 0 atom stereocenters. The summed E-state index contributed by atoms with van der Waals surface area (Å²) in [6.45, 7) is 10.8. The predicted octanol–water partition coefficient (Wildman–Crippen LogP) is 4.13. The maximum Gasteiger partial charge on any atom is 0.410 e. The summed E-state index contributed by atoms with van der Waals surface area (Å²) in [6, 6.07) is 5.95. The second-order valence-corrected chi connectivity index (χ2v) is 7.42. The van der Waals surface area contributed by atoms with Crippen LogP contribution in [0.15, 0.2) is 18.2 Å². The number of aryl methyl sites for hydroxylation is 2. The van der Waals surface area contributed by atoms with Crippen LogP contribution in [0, 0.1) is 19.8 Å². The lowest BCUT2D eigenvalue weighted by Crippen LogP contribution is -2.43. The van der Waals surface area contributed by atoms with Gasteiger partial charge in [0.2, 0.25) is 0 Å². The number of carbonyl (C=O) groups is 2. The standard InChI is InChI=1S/C19H27NO3/c1-13-6-7-16(14(2)12-13)17(21)15-8-10-20(11-9-15)18(22)23-19(3,4)5/h6-7,12,15H,8-11H2,1-5H3. The second-order valence-electron chi connectivity index (χ2n) is 7.42. The van der Waals surface area contributed by atoms with Gasteiger partial charge in [0.15, 0.2) is 5.78 Å². The van der Waals surface area contributed by atoms with Crippen molar-refractivity contribution in [2.75, 3.05) is 13.1 Å². The Morgan fingerprint density at radius 2 is 1.74 bits per heavy atom. The molecule has 1 aromatic rings. The number of Topliss-reactive ketones (excluding diaryl/α,β-unsaturated/α-hetero) is 1. The highest BCUT2D eigenvalue weighted by Crippen LogP contribution is 2.25. The summed E-state index contributed by atoms with van der Waals surface area (Å²) in [5.74, 6) is 0.196. The molecule has 23 heavy (non-hydrogen) atoms. The molecule has 2 rings (SSSR count). The van der Waals surface area contributed by atoms with Crippen LogP contribution in [0.5, 0.6) is 0 Å². The molecule has 1 heterocycles. The van der Waals surface area contributed by atoms with Gasteiger partial charge < -0.3 is 9.64 Å². The molecule has 4 heteroatoms. The number of ether oxygens (including phenoxy) is 1. The number of ketones is 1. The molecule has 0 unspecified atom stereocenters. The first-order chi connectivity index (χ1) is 10.7. The topological polar surface area (TPSA) is 46.6 Å². The van der Waals surface area contributed by atoms with Gasteiger partial charge in [0, 0.05) is 24.6 Å². The van der Waals surface area contributed by atoms with Crippen LogP contribution >= 0.6 is 0 Å². The highest BCUT2D eigenvalue weighted by Gasteiger charge is 2.30. The van der Waals surface area contributed by atoms with Gasteiger partial charge in [0.1, 0.15) is 5.60 Å². The van der Waals surface area contributed by atoms with E-state index < -0.39 is 5.60 Å². The Bertz CT molecular complexity index is 593. The van der Waals surface area contributed by atoms with Gasteiger partial charge >= 0.3 is 6.09 Å². The SMILES string of the molecule is Cc1ccc(C(=O)C2CCN(C(=O)OC(C)(C)C)CC2)c(C)c1. The van der Waals surface area contributed by atoms with Crippen LogP contribution in [0.3, 0.4) is 0 Å². The summed E-state index contributed by atoms with van der Waals surface area (Å²) in [5, 5.41) is 0. The molecule has 0 aromatic heterocycles. The Morgan fingerprint density at radius 1 is 1.13 bits per heavy atom. The molecule has 0 spiro atoms. The van der Waals surface area contributed by atoms with Crippen LogP contribution in [-0.2, 0) is 4.74 Å². The van der Waals surface area contributed by atoms with Gasteiger partial charge in [-0.25, -0.2) is 4.79 Å². The minimum atomic E-state index is -0.483. The molecular formula is C19H27NO3. The van der Waals surface area contributed by atoms with E-state index in [0.717, 1.165) is 11.1 Å². The molecule has 4 nitrogen and oxygen atoms in total. The monoisotopic (exact) mass is 317 g/mol. The second kappa shape index (κ2) is 6.73. The first-order valence-electron chi connectivity index (χ1n) is 8.27. The number of rotatable bonds is 2. The Labute approximate surface area is 138 Å². The van der Waals surface area contributed by atoms with E-state index in [2.05, 4.69) is 0 Å². The molecule has 126 valence electrons. The lowest BCUT2D eigenvalue weighted by atomic mass is 9.87. The van der Waals surface area contributed by atoms with Gasteiger partial charge in [-0.3, -0.25) is 4.79 Å². The zero-order valence-electron chi connectivity index (χ0n) is 14.8. The molecule has 0 saturated carbocycles. The van der Waals surface area contributed by atoms with Crippen LogP contribution in [-0.4, -0.2) is 35.5 Å². The number of hydrogen-bond acceptors (Lipinski definition) is 3. The predicted molar refractivity (Wildman–Crippen MR) is 90.8 cm³/mol. The largest absolute Gasteiger partial charge is 0.444 e. The molecule has 0 bridgehead atoms. The summed E-state index contributed by atoms with van der Waals surface area (Å²) in [7, 11) is 0. The lowest BCUT2D eigenvalue weighted by Gasteiger charge is -2.33. The van der Waals surface area contributed by atoms with E-state index in [1.807, 2.05) is 52.8 Å². The van der Waals surface area contributed by atoms with Crippen molar-refractivity contribution < 1.29 is 14.3 Å². The van der Waals surface area contributed by atoms with Crippen molar-refractivity contribution in [3.05, 3.63) is 34.9 Å². The molecule has 1 amide bonds. The summed E-state index contributed by atoms with van der Waals surface area (Å²) < 4.78 is 5.39. The van der Waals surface area contributed by atoms with Crippen molar-refractivity contribution in [2.24, 2.45) is 5.92 Å². The maximum absolute atomic E-state index is 12.7. The minimum Gasteiger partial charge on any atom is -0.444 e. The quantitative estimate of drug-likeness (QED) is 0.770. The van der Waals surface area contributed by atoms with E-state index >= 15 is 0 Å². The van der Waals surface area contributed by atoms with Gasteiger partial charge in [0.05, 0.1) is 0 Å². The van der Waals surface area contributed by atoms with Crippen molar-refractivity contribution in [1.29, 1.82) is 0 Å². The molecule has 0 aliphatic carbocycles. The van der Waals surface area contributed by atoms with Gasteiger partial charge in [0.25, 0.3) is 0 Å². The number of amides is 1. The van der Waals surface area contributed by atoms with Crippen molar-refractivity contribution >= 4 is 11.9 Å². The fourth-order valence-corrected chi connectivity index (χ4v) is 2.96. The van der Waals surface area contributed by atoms with Crippen LogP contribution in [0.4, 0.5) is 4.79 Å². The molecule has 1 saturated heterocycles. The van der Waals surface area contributed by atoms with E-state index in [0.29, 0.717) is 25.9 Å². The third kappa shape index (κ3) is 4.57. The molecule has 0 N–H and O–H groups in total. The van der Waals surface area contributed by atoms with E-state index in [9.17, 15) is 9.59 Å². The third-order valence-corrected chi connectivity index (χ3v) is 4.16. The van der Waals surface area contributed by atoms with E-state index in [4.69, 9.17) is 4.74 Å². The van der Waals surface area contributed by atoms with Gasteiger partial charge in [-0.2, -0.15) is 0 Å². The normalized spacial score (nSPS) is 16.3. The Kier molecular flexibility index (Phi) is 5.12. The van der Waals surface area contributed by atoms with Crippen molar-refractivity contribution in [3.63, 3.8) is 0 Å². The average Bonchev–Trinajstić information content (AvgIpc) is 2.45. The summed E-state index contributed by atoms with van der Waals surface area (Å²) in [6.07, 6.45) is 1.12. The lowest BCUT2D eigenvalue weighted by molar-refractivity contribution is 0.0182. The highest BCUT2D eigenvalue weighted by molar-refractivity contribution is 5.99. The van der Waals surface area contributed by atoms with Crippen LogP contribution in [0.1, 0.15) is 55.1 Å². The van der Waals surface area contributed by atoms with E-state index in [1.165, 1.54) is 5.56 Å². The number of carbonyl (C=O) groups excluding carboxylic acids is 2. The zero-order valence-corrected chi connectivity index (χ0v) is 14.8. The van der Waals surface area contributed by atoms with Gasteiger partial charge in [-0.1, -0.05) is 23.8 Å². The molecule has 0 radical (unpaired) electrons. The highest BCUT2D eigenvalue weighted by atomic mass is 16.6. The number of benzene rings is 1. The Hall–Kier alpha value is -1.84. The zero-order chi connectivity index (χ0) is 17.2. The molecule has 1 fully saturated rings. The number of likely N-dealkylation sites (tertiary alicyclic amines) is 1.